The number of anilines is 1. The number of hydrogen-bond acceptors (Lipinski definition) is 3. The zero-order valence-corrected chi connectivity index (χ0v) is 17.1. The predicted octanol–water partition coefficient (Wildman–Crippen LogP) is 4.38. The molecule has 0 aromatic heterocycles. The number of benzene rings is 1. The largest absolute Gasteiger partial charge is 0.491 e. The molecule has 2 N–H and O–H groups in total. The van der Waals surface area contributed by atoms with Gasteiger partial charge in [0.05, 0.1) is 6.10 Å². The Morgan fingerprint density at radius 3 is 2.04 bits per heavy atom. The third-order valence-electron chi connectivity index (χ3n) is 4.98. The lowest BCUT2D eigenvalue weighted by Gasteiger charge is -2.27. The van der Waals surface area contributed by atoms with Crippen LogP contribution in [0.2, 0.25) is 0 Å². The minimum absolute atomic E-state index is 0.0173. The van der Waals surface area contributed by atoms with Crippen LogP contribution < -0.4 is 15.4 Å². The summed E-state index contributed by atoms with van der Waals surface area (Å²) in [5.41, 5.74) is 0.782. The molecular formula is C22H34N2O3. The van der Waals surface area contributed by atoms with Crippen molar-refractivity contribution >= 4 is 17.5 Å². The van der Waals surface area contributed by atoms with E-state index in [1.54, 1.807) is 0 Å². The number of hydrogen-bond donors (Lipinski definition) is 2. The fourth-order valence-corrected chi connectivity index (χ4v) is 3.38. The quantitative estimate of drug-likeness (QED) is 0.709. The van der Waals surface area contributed by atoms with Crippen LogP contribution in [0.5, 0.6) is 5.75 Å². The first-order valence-electron chi connectivity index (χ1n) is 10.2. The lowest BCUT2D eigenvalue weighted by atomic mass is 9.81. The molecule has 0 radical (unpaired) electrons. The molecule has 5 nitrogen and oxygen atoms in total. The second kappa shape index (κ2) is 10.3. The van der Waals surface area contributed by atoms with Crippen LogP contribution in [0.15, 0.2) is 24.3 Å². The monoisotopic (exact) mass is 374 g/mol. The summed E-state index contributed by atoms with van der Waals surface area (Å²) in [6.45, 7) is 9.02. The van der Waals surface area contributed by atoms with E-state index in [-0.39, 0.29) is 29.8 Å². The average Bonchev–Trinajstić information content (AvgIpc) is 2.62. The number of ether oxygens (including phenoxy) is 1. The van der Waals surface area contributed by atoms with Crippen molar-refractivity contribution in [3.8, 4) is 5.75 Å². The fourth-order valence-electron chi connectivity index (χ4n) is 3.38. The first-order chi connectivity index (χ1) is 12.8. The second-order valence-corrected chi connectivity index (χ2v) is 8.20. The van der Waals surface area contributed by atoms with Crippen molar-refractivity contribution < 1.29 is 14.3 Å². The molecule has 0 spiro atoms. The Morgan fingerprint density at radius 1 is 0.963 bits per heavy atom. The summed E-state index contributed by atoms with van der Waals surface area (Å²) in [5.74, 6) is 1.62. The van der Waals surface area contributed by atoms with Crippen molar-refractivity contribution in [2.45, 2.75) is 65.9 Å². The lowest BCUT2D eigenvalue weighted by Crippen LogP contribution is -2.36. The molecule has 1 saturated carbocycles. The van der Waals surface area contributed by atoms with E-state index in [0.717, 1.165) is 50.1 Å². The minimum Gasteiger partial charge on any atom is -0.491 e. The van der Waals surface area contributed by atoms with Crippen LogP contribution in [0.4, 0.5) is 5.69 Å². The number of carbonyl (C=O) groups is 2. The Balaban J connectivity index is 1.75. The van der Waals surface area contributed by atoms with E-state index in [9.17, 15) is 9.59 Å². The smallest absolute Gasteiger partial charge is 0.227 e. The second-order valence-electron chi connectivity index (χ2n) is 8.20. The van der Waals surface area contributed by atoms with Gasteiger partial charge >= 0.3 is 0 Å². The Hall–Kier alpha value is -2.04. The molecule has 0 heterocycles. The van der Waals surface area contributed by atoms with Crippen molar-refractivity contribution in [1.82, 2.24) is 5.32 Å². The van der Waals surface area contributed by atoms with Crippen molar-refractivity contribution in [3.05, 3.63) is 24.3 Å². The molecule has 1 aliphatic carbocycles. The third-order valence-corrected chi connectivity index (χ3v) is 4.98. The first kappa shape index (κ1) is 21.3. The zero-order chi connectivity index (χ0) is 19.8. The Kier molecular flexibility index (Phi) is 8.14. The van der Waals surface area contributed by atoms with Gasteiger partial charge in [-0.3, -0.25) is 9.59 Å². The van der Waals surface area contributed by atoms with E-state index in [0.29, 0.717) is 5.92 Å². The van der Waals surface area contributed by atoms with E-state index in [2.05, 4.69) is 24.5 Å². The number of amides is 2. The lowest BCUT2D eigenvalue weighted by molar-refractivity contribution is -0.128. The number of rotatable bonds is 8. The molecule has 0 saturated heterocycles. The van der Waals surface area contributed by atoms with Crippen LogP contribution in [0.3, 0.4) is 0 Å². The molecule has 27 heavy (non-hydrogen) atoms. The van der Waals surface area contributed by atoms with Crippen LogP contribution in [0, 0.1) is 17.8 Å². The molecule has 2 amide bonds. The molecule has 2 rings (SSSR count). The molecule has 1 aromatic rings. The summed E-state index contributed by atoms with van der Waals surface area (Å²) in [6, 6.07) is 7.47. The molecule has 0 bridgehead atoms. The van der Waals surface area contributed by atoms with Gasteiger partial charge in [0.25, 0.3) is 0 Å². The van der Waals surface area contributed by atoms with Crippen LogP contribution >= 0.6 is 0 Å². The number of nitrogens with one attached hydrogen (secondary N) is 2. The molecule has 5 heteroatoms. The van der Waals surface area contributed by atoms with E-state index < -0.39 is 0 Å². The van der Waals surface area contributed by atoms with E-state index >= 15 is 0 Å². The average molecular weight is 375 g/mol. The maximum absolute atomic E-state index is 12.5. The molecule has 1 fully saturated rings. The summed E-state index contributed by atoms with van der Waals surface area (Å²) in [5, 5.41) is 6.02. The summed E-state index contributed by atoms with van der Waals surface area (Å²) in [4.78, 5) is 24.7. The van der Waals surface area contributed by atoms with Gasteiger partial charge in [-0.15, -0.1) is 0 Å². The predicted molar refractivity (Wildman–Crippen MR) is 109 cm³/mol. The van der Waals surface area contributed by atoms with Gasteiger partial charge in [0.15, 0.2) is 0 Å². The molecule has 1 aromatic carbocycles. The van der Waals surface area contributed by atoms with Gasteiger partial charge in [0, 0.05) is 24.1 Å². The van der Waals surface area contributed by atoms with E-state index in [1.807, 2.05) is 38.1 Å². The van der Waals surface area contributed by atoms with Gasteiger partial charge in [-0.2, -0.15) is 0 Å². The SMILES string of the molecule is CC(C)CCNC(=O)C1CCC(C(=O)Nc2ccc(OC(C)C)cc2)CC1. The maximum Gasteiger partial charge on any atom is 0.227 e. The van der Waals surface area contributed by atoms with Gasteiger partial charge in [-0.25, -0.2) is 0 Å². The molecule has 0 aliphatic heterocycles. The van der Waals surface area contributed by atoms with Gasteiger partial charge in [-0.05, 0) is 76.1 Å². The molecule has 0 atom stereocenters. The Labute approximate surface area is 163 Å². The van der Waals surface area contributed by atoms with E-state index in [1.165, 1.54) is 0 Å². The van der Waals surface area contributed by atoms with Crippen molar-refractivity contribution in [1.29, 1.82) is 0 Å². The highest BCUT2D eigenvalue weighted by Crippen LogP contribution is 2.30. The van der Waals surface area contributed by atoms with E-state index in [4.69, 9.17) is 4.74 Å². The molecule has 0 unspecified atom stereocenters. The highest BCUT2D eigenvalue weighted by atomic mass is 16.5. The van der Waals surface area contributed by atoms with Gasteiger partial charge < -0.3 is 15.4 Å². The highest BCUT2D eigenvalue weighted by Gasteiger charge is 2.29. The maximum atomic E-state index is 12.5. The summed E-state index contributed by atoms with van der Waals surface area (Å²) in [6.07, 6.45) is 4.23. The van der Waals surface area contributed by atoms with Gasteiger partial charge in [0.1, 0.15) is 5.75 Å². The summed E-state index contributed by atoms with van der Waals surface area (Å²) in [7, 11) is 0. The highest BCUT2D eigenvalue weighted by molar-refractivity contribution is 5.92. The van der Waals surface area contributed by atoms with Crippen molar-refractivity contribution in [2.24, 2.45) is 17.8 Å². The third kappa shape index (κ3) is 7.24. The van der Waals surface area contributed by atoms with Crippen LogP contribution in [0.25, 0.3) is 0 Å². The molecule has 1 aliphatic rings. The standard InChI is InChI=1S/C22H34N2O3/c1-15(2)13-14-23-21(25)17-5-7-18(8-6-17)22(26)24-19-9-11-20(12-10-19)27-16(3)4/h9-12,15-18H,5-8,13-14H2,1-4H3,(H,23,25)(H,24,26). The molecule has 150 valence electrons. The van der Waals surface area contributed by atoms with Crippen LogP contribution in [-0.4, -0.2) is 24.5 Å². The fraction of sp³-hybridized carbons (Fsp3) is 0.636. The van der Waals surface area contributed by atoms with Crippen LogP contribution in [-0.2, 0) is 9.59 Å². The van der Waals surface area contributed by atoms with Crippen LogP contribution in [0.1, 0.15) is 59.8 Å². The first-order valence-corrected chi connectivity index (χ1v) is 10.2. The van der Waals surface area contributed by atoms with Gasteiger partial charge in [-0.1, -0.05) is 13.8 Å². The topological polar surface area (TPSA) is 67.4 Å². The Bertz CT molecular complexity index is 602. The summed E-state index contributed by atoms with van der Waals surface area (Å²) < 4.78 is 5.62. The molecular weight excluding hydrogens is 340 g/mol. The summed E-state index contributed by atoms with van der Waals surface area (Å²) >= 11 is 0. The zero-order valence-electron chi connectivity index (χ0n) is 17.1. The number of carbonyl (C=O) groups excluding carboxylic acids is 2. The van der Waals surface area contributed by atoms with Gasteiger partial charge in [0.2, 0.25) is 11.8 Å². The van der Waals surface area contributed by atoms with Crippen molar-refractivity contribution in [2.75, 3.05) is 11.9 Å². The van der Waals surface area contributed by atoms with Crippen molar-refractivity contribution in [3.63, 3.8) is 0 Å². The minimum atomic E-state index is -0.0173. The normalized spacial score (nSPS) is 19.8. The Morgan fingerprint density at radius 2 is 1.52 bits per heavy atom.